The minimum atomic E-state index is -0.115. The van der Waals surface area contributed by atoms with Crippen molar-refractivity contribution in [2.75, 3.05) is 20.1 Å². The van der Waals surface area contributed by atoms with E-state index < -0.39 is 0 Å². The van der Waals surface area contributed by atoms with E-state index in [1.165, 1.54) is 32.1 Å². The lowest BCUT2D eigenvalue weighted by Crippen LogP contribution is -2.48. The van der Waals surface area contributed by atoms with Gasteiger partial charge in [0, 0.05) is 19.6 Å². The molecule has 0 aromatic rings. The predicted octanol–water partition coefficient (Wildman–Crippen LogP) is 2.80. The molecule has 110 valence electrons. The molecule has 2 aliphatic rings. The Hall–Kier alpha value is -0.570. The van der Waals surface area contributed by atoms with Crippen molar-refractivity contribution >= 4 is 5.91 Å². The molecule has 19 heavy (non-hydrogen) atoms. The molecule has 1 aliphatic heterocycles. The molecular weight excluding hydrogens is 236 g/mol. The largest absolute Gasteiger partial charge is 0.342 e. The average Bonchev–Trinajstić information content (AvgIpc) is 2.96. The van der Waals surface area contributed by atoms with E-state index in [2.05, 4.69) is 24.1 Å². The first-order chi connectivity index (χ1) is 9.13. The Morgan fingerprint density at radius 1 is 1.26 bits per heavy atom. The van der Waals surface area contributed by atoms with Gasteiger partial charge in [0.05, 0.1) is 5.41 Å². The van der Waals surface area contributed by atoms with Crippen LogP contribution in [0.15, 0.2) is 0 Å². The quantitative estimate of drug-likeness (QED) is 0.848. The lowest BCUT2D eigenvalue weighted by atomic mass is 9.80. The topological polar surface area (TPSA) is 32.3 Å². The van der Waals surface area contributed by atoms with Gasteiger partial charge in [0.2, 0.25) is 5.91 Å². The Balaban J connectivity index is 1.95. The summed E-state index contributed by atoms with van der Waals surface area (Å²) in [6.45, 7) is 6.32. The van der Waals surface area contributed by atoms with Gasteiger partial charge in [-0.3, -0.25) is 4.79 Å². The Bertz CT molecular complexity index is 302. The molecule has 3 heteroatoms. The van der Waals surface area contributed by atoms with Crippen LogP contribution in [-0.4, -0.2) is 37.0 Å². The molecule has 2 rings (SSSR count). The lowest BCUT2D eigenvalue weighted by molar-refractivity contribution is -0.143. The van der Waals surface area contributed by atoms with Crippen molar-refractivity contribution in [1.29, 1.82) is 0 Å². The summed E-state index contributed by atoms with van der Waals surface area (Å²) in [5, 5.41) is 3.37. The van der Waals surface area contributed by atoms with Gasteiger partial charge in [0.1, 0.15) is 0 Å². The van der Waals surface area contributed by atoms with Crippen LogP contribution in [0.1, 0.15) is 58.8 Å². The normalized spacial score (nSPS) is 35.3. The molecule has 3 nitrogen and oxygen atoms in total. The summed E-state index contributed by atoms with van der Waals surface area (Å²) in [6.07, 6.45) is 8.28. The number of amides is 1. The fourth-order valence-corrected chi connectivity index (χ4v) is 3.86. The zero-order valence-corrected chi connectivity index (χ0v) is 12.9. The third-order valence-corrected chi connectivity index (χ3v) is 5.64. The summed E-state index contributed by atoms with van der Waals surface area (Å²) in [5.41, 5.74) is -0.115. The predicted molar refractivity (Wildman–Crippen MR) is 79.0 cm³/mol. The highest BCUT2D eigenvalue weighted by atomic mass is 16.2. The lowest BCUT2D eigenvalue weighted by Gasteiger charge is -2.39. The number of carbonyl (C=O) groups is 1. The van der Waals surface area contributed by atoms with E-state index >= 15 is 0 Å². The van der Waals surface area contributed by atoms with Crippen molar-refractivity contribution in [2.24, 2.45) is 11.3 Å². The van der Waals surface area contributed by atoms with E-state index in [0.717, 1.165) is 31.8 Å². The molecule has 1 atom stereocenters. The van der Waals surface area contributed by atoms with Crippen LogP contribution in [0.3, 0.4) is 0 Å². The average molecular weight is 266 g/mol. The Kier molecular flexibility index (Phi) is 4.88. The Labute approximate surface area is 118 Å². The monoisotopic (exact) mass is 266 g/mol. The molecule has 0 spiro atoms. The van der Waals surface area contributed by atoms with E-state index in [9.17, 15) is 4.79 Å². The van der Waals surface area contributed by atoms with Gasteiger partial charge in [-0.2, -0.15) is 0 Å². The zero-order chi connectivity index (χ0) is 13.9. The second-order valence-electron chi connectivity index (χ2n) is 6.56. The van der Waals surface area contributed by atoms with Crippen molar-refractivity contribution < 1.29 is 4.79 Å². The minimum Gasteiger partial charge on any atom is -0.342 e. The van der Waals surface area contributed by atoms with Crippen molar-refractivity contribution in [1.82, 2.24) is 10.2 Å². The van der Waals surface area contributed by atoms with Gasteiger partial charge < -0.3 is 10.2 Å². The summed E-state index contributed by atoms with van der Waals surface area (Å²) >= 11 is 0. The van der Waals surface area contributed by atoms with E-state index in [-0.39, 0.29) is 5.41 Å². The maximum Gasteiger partial charge on any atom is 0.230 e. The maximum absolute atomic E-state index is 12.8. The van der Waals surface area contributed by atoms with Crippen LogP contribution >= 0.6 is 0 Å². The van der Waals surface area contributed by atoms with Crippen LogP contribution in [0.2, 0.25) is 0 Å². The summed E-state index contributed by atoms with van der Waals surface area (Å²) in [7, 11) is 2.04. The van der Waals surface area contributed by atoms with Crippen LogP contribution in [0.25, 0.3) is 0 Å². The van der Waals surface area contributed by atoms with E-state index in [1.54, 1.807) is 0 Å². The highest BCUT2D eigenvalue weighted by Gasteiger charge is 2.42. The molecule has 1 amide bonds. The number of hydrogen-bond acceptors (Lipinski definition) is 2. The summed E-state index contributed by atoms with van der Waals surface area (Å²) < 4.78 is 0. The molecule has 1 saturated heterocycles. The molecule has 0 radical (unpaired) electrons. The first kappa shape index (κ1) is 14.8. The highest BCUT2D eigenvalue weighted by molar-refractivity contribution is 5.83. The second kappa shape index (κ2) is 6.25. The van der Waals surface area contributed by atoms with Crippen LogP contribution in [-0.2, 0) is 4.79 Å². The van der Waals surface area contributed by atoms with Crippen molar-refractivity contribution in [2.45, 2.75) is 64.8 Å². The smallest absolute Gasteiger partial charge is 0.230 e. The van der Waals surface area contributed by atoms with Crippen molar-refractivity contribution in [3.05, 3.63) is 0 Å². The maximum atomic E-state index is 12.8. The van der Waals surface area contributed by atoms with Gasteiger partial charge in [-0.25, -0.2) is 0 Å². The fourth-order valence-electron chi connectivity index (χ4n) is 3.86. The molecule has 1 N–H and O–H groups in total. The molecule has 0 aromatic heterocycles. The molecule has 1 aliphatic carbocycles. The first-order valence-corrected chi connectivity index (χ1v) is 8.11. The number of carbonyl (C=O) groups excluding carboxylic acids is 1. The molecule has 1 unspecified atom stereocenters. The summed E-state index contributed by atoms with van der Waals surface area (Å²) in [4.78, 5) is 14.9. The molecule has 1 heterocycles. The zero-order valence-electron chi connectivity index (χ0n) is 12.9. The molecule has 0 bridgehead atoms. The van der Waals surface area contributed by atoms with E-state index in [0.29, 0.717) is 11.9 Å². The van der Waals surface area contributed by atoms with Gasteiger partial charge in [-0.1, -0.05) is 20.3 Å². The molecule has 0 aromatic carbocycles. The van der Waals surface area contributed by atoms with Gasteiger partial charge in [-0.05, 0) is 51.0 Å². The van der Waals surface area contributed by atoms with Crippen molar-refractivity contribution in [3.8, 4) is 0 Å². The second-order valence-corrected chi connectivity index (χ2v) is 6.56. The first-order valence-electron chi connectivity index (χ1n) is 8.11. The standard InChI is InChI=1S/C16H30N2O/c1-4-13-6-8-14(9-7-13)18(3)15(19)16(5-2)10-11-17-12-16/h13-14,17H,4-12H2,1-3H3. The number of nitrogens with one attached hydrogen (secondary N) is 1. The Morgan fingerprint density at radius 2 is 1.95 bits per heavy atom. The third kappa shape index (κ3) is 2.96. The Morgan fingerprint density at radius 3 is 2.42 bits per heavy atom. The SMILES string of the molecule is CCC1CCC(N(C)C(=O)C2(CC)CCNC2)CC1. The van der Waals surface area contributed by atoms with Crippen LogP contribution in [0, 0.1) is 11.3 Å². The third-order valence-electron chi connectivity index (χ3n) is 5.64. The molecule has 1 saturated carbocycles. The number of nitrogens with zero attached hydrogens (tertiary/aromatic N) is 1. The number of rotatable bonds is 4. The van der Waals surface area contributed by atoms with Crippen LogP contribution in [0.4, 0.5) is 0 Å². The molecular formula is C16H30N2O. The van der Waals surface area contributed by atoms with Crippen LogP contribution in [0.5, 0.6) is 0 Å². The van der Waals surface area contributed by atoms with Gasteiger partial charge >= 0.3 is 0 Å². The number of hydrogen-bond donors (Lipinski definition) is 1. The minimum absolute atomic E-state index is 0.115. The van der Waals surface area contributed by atoms with Gasteiger partial charge in [0.25, 0.3) is 0 Å². The van der Waals surface area contributed by atoms with E-state index in [4.69, 9.17) is 0 Å². The van der Waals surface area contributed by atoms with Crippen LogP contribution < -0.4 is 5.32 Å². The summed E-state index contributed by atoms with van der Waals surface area (Å²) in [5.74, 6) is 1.29. The van der Waals surface area contributed by atoms with Gasteiger partial charge in [-0.15, -0.1) is 0 Å². The molecule has 2 fully saturated rings. The highest BCUT2D eigenvalue weighted by Crippen LogP contribution is 2.35. The fraction of sp³-hybridized carbons (Fsp3) is 0.938. The van der Waals surface area contributed by atoms with Gasteiger partial charge in [0.15, 0.2) is 0 Å². The van der Waals surface area contributed by atoms with Crippen molar-refractivity contribution in [3.63, 3.8) is 0 Å². The summed E-state index contributed by atoms with van der Waals surface area (Å²) in [6, 6.07) is 0.485. The van der Waals surface area contributed by atoms with E-state index in [1.807, 2.05) is 7.05 Å².